The highest BCUT2D eigenvalue weighted by molar-refractivity contribution is 5.97. The van der Waals surface area contributed by atoms with Gasteiger partial charge in [-0.2, -0.15) is 0 Å². The predicted molar refractivity (Wildman–Crippen MR) is 78.8 cm³/mol. The molecule has 1 aromatic carbocycles. The van der Waals surface area contributed by atoms with Crippen molar-refractivity contribution in [2.45, 2.75) is 25.7 Å². The van der Waals surface area contributed by atoms with Gasteiger partial charge in [-0.25, -0.2) is 0 Å². The van der Waals surface area contributed by atoms with Crippen molar-refractivity contribution in [3.8, 4) is 5.75 Å². The van der Waals surface area contributed by atoms with Crippen molar-refractivity contribution in [3.05, 3.63) is 59.9 Å². The lowest BCUT2D eigenvalue weighted by Crippen LogP contribution is -2.28. The Morgan fingerprint density at radius 3 is 2.67 bits per heavy atom. The Morgan fingerprint density at radius 1 is 1.24 bits per heavy atom. The SMILES string of the molecule is NC(CCC(=O)c1ccccc1CO)Oc1ccncc1. The largest absolute Gasteiger partial charge is 0.475 e. The molecule has 5 nitrogen and oxygen atoms in total. The number of rotatable bonds is 7. The number of carbonyl (C=O) groups is 1. The molecule has 0 aliphatic rings. The number of Topliss-reactive ketones (excluding diaryl/α,β-unsaturated/α-hetero) is 1. The maximum atomic E-state index is 12.1. The molecule has 2 aromatic rings. The Kier molecular flexibility index (Phi) is 5.43. The number of ether oxygens (including phenoxy) is 1. The first-order valence-electron chi connectivity index (χ1n) is 6.75. The lowest BCUT2D eigenvalue weighted by atomic mass is 10.0. The molecule has 21 heavy (non-hydrogen) atoms. The van der Waals surface area contributed by atoms with Gasteiger partial charge >= 0.3 is 0 Å². The molecular formula is C16H18N2O3. The van der Waals surface area contributed by atoms with Crippen molar-refractivity contribution >= 4 is 5.78 Å². The van der Waals surface area contributed by atoms with Gasteiger partial charge in [0, 0.05) is 30.8 Å². The fourth-order valence-electron chi connectivity index (χ4n) is 1.99. The van der Waals surface area contributed by atoms with E-state index in [0.717, 1.165) is 0 Å². The molecule has 1 heterocycles. The first-order valence-corrected chi connectivity index (χ1v) is 6.75. The van der Waals surface area contributed by atoms with E-state index in [1.807, 2.05) is 0 Å². The zero-order chi connectivity index (χ0) is 15.1. The zero-order valence-electron chi connectivity index (χ0n) is 11.6. The number of pyridine rings is 1. The van der Waals surface area contributed by atoms with E-state index in [9.17, 15) is 9.90 Å². The summed E-state index contributed by atoms with van der Waals surface area (Å²) in [6.07, 6.45) is 3.34. The smallest absolute Gasteiger partial charge is 0.163 e. The zero-order valence-corrected chi connectivity index (χ0v) is 11.6. The van der Waals surface area contributed by atoms with E-state index in [1.54, 1.807) is 48.8 Å². The van der Waals surface area contributed by atoms with E-state index < -0.39 is 6.23 Å². The van der Waals surface area contributed by atoms with Gasteiger partial charge in [0.2, 0.25) is 0 Å². The number of aromatic nitrogens is 1. The summed E-state index contributed by atoms with van der Waals surface area (Å²) in [5.41, 5.74) is 7.03. The molecule has 0 spiro atoms. The maximum absolute atomic E-state index is 12.1. The Bertz CT molecular complexity index is 587. The summed E-state index contributed by atoms with van der Waals surface area (Å²) in [4.78, 5) is 16.0. The van der Waals surface area contributed by atoms with Crippen LogP contribution in [-0.4, -0.2) is 22.1 Å². The summed E-state index contributed by atoms with van der Waals surface area (Å²) >= 11 is 0. The minimum Gasteiger partial charge on any atom is -0.475 e. The molecular weight excluding hydrogens is 268 g/mol. The summed E-state index contributed by atoms with van der Waals surface area (Å²) in [5.74, 6) is 0.578. The highest BCUT2D eigenvalue weighted by Gasteiger charge is 2.13. The van der Waals surface area contributed by atoms with Crippen molar-refractivity contribution in [1.82, 2.24) is 4.98 Å². The van der Waals surface area contributed by atoms with Crippen LogP contribution in [0.3, 0.4) is 0 Å². The number of aliphatic hydroxyl groups is 1. The lowest BCUT2D eigenvalue weighted by Gasteiger charge is -2.14. The average molecular weight is 286 g/mol. The number of nitrogens with zero attached hydrogens (tertiary/aromatic N) is 1. The monoisotopic (exact) mass is 286 g/mol. The Labute approximate surface area is 123 Å². The Balaban J connectivity index is 1.89. The van der Waals surface area contributed by atoms with Crippen molar-refractivity contribution in [2.75, 3.05) is 0 Å². The van der Waals surface area contributed by atoms with Crippen molar-refractivity contribution in [1.29, 1.82) is 0 Å². The van der Waals surface area contributed by atoms with Crippen LogP contribution in [0.4, 0.5) is 0 Å². The first kappa shape index (κ1) is 15.2. The van der Waals surface area contributed by atoms with Crippen LogP contribution in [0.15, 0.2) is 48.8 Å². The number of benzene rings is 1. The molecule has 1 unspecified atom stereocenters. The molecule has 0 bridgehead atoms. The molecule has 1 atom stereocenters. The standard InChI is InChI=1S/C16H18N2O3/c17-16(21-13-7-9-18-10-8-13)6-5-15(20)14-4-2-1-3-12(14)11-19/h1-4,7-10,16,19H,5-6,11,17H2. The van der Waals surface area contributed by atoms with Crippen LogP contribution in [0.5, 0.6) is 5.75 Å². The normalized spacial score (nSPS) is 11.9. The second kappa shape index (κ2) is 7.52. The molecule has 0 aliphatic carbocycles. The molecule has 2 rings (SSSR count). The maximum Gasteiger partial charge on any atom is 0.163 e. The third-order valence-electron chi connectivity index (χ3n) is 3.08. The van der Waals surface area contributed by atoms with Gasteiger partial charge in [0.15, 0.2) is 5.78 Å². The number of ketones is 1. The lowest BCUT2D eigenvalue weighted by molar-refractivity contribution is 0.0952. The number of hydrogen-bond donors (Lipinski definition) is 2. The minimum absolute atomic E-state index is 0.0478. The highest BCUT2D eigenvalue weighted by atomic mass is 16.5. The van der Waals surface area contributed by atoms with Gasteiger partial charge in [-0.05, 0) is 17.7 Å². The minimum atomic E-state index is -0.558. The fraction of sp³-hybridized carbons (Fsp3) is 0.250. The quantitative estimate of drug-likeness (QED) is 0.600. The molecule has 1 aromatic heterocycles. The third kappa shape index (κ3) is 4.37. The van der Waals surface area contributed by atoms with Gasteiger partial charge in [-0.15, -0.1) is 0 Å². The van der Waals surface area contributed by atoms with Gasteiger partial charge in [0.25, 0.3) is 0 Å². The van der Waals surface area contributed by atoms with E-state index in [2.05, 4.69) is 4.98 Å². The van der Waals surface area contributed by atoms with Crippen LogP contribution in [0.2, 0.25) is 0 Å². The molecule has 5 heteroatoms. The second-order valence-electron chi connectivity index (χ2n) is 4.62. The molecule has 0 saturated heterocycles. The van der Waals surface area contributed by atoms with Gasteiger partial charge in [0.1, 0.15) is 12.0 Å². The van der Waals surface area contributed by atoms with E-state index >= 15 is 0 Å². The van der Waals surface area contributed by atoms with E-state index in [4.69, 9.17) is 10.5 Å². The van der Waals surface area contributed by atoms with Crippen LogP contribution in [-0.2, 0) is 6.61 Å². The van der Waals surface area contributed by atoms with Crippen molar-refractivity contribution in [2.24, 2.45) is 5.73 Å². The van der Waals surface area contributed by atoms with Gasteiger partial charge < -0.3 is 9.84 Å². The van der Waals surface area contributed by atoms with Crippen LogP contribution >= 0.6 is 0 Å². The van der Waals surface area contributed by atoms with Crippen LogP contribution in [0.25, 0.3) is 0 Å². The topological polar surface area (TPSA) is 85.4 Å². The molecule has 0 fully saturated rings. The first-order chi connectivity index (χ1) is 10.2. The molecule has 0 radical (unpaired) electrons. The predicted octanol–water partition coefficient (Wildman–Crippen LogP) is 1.90. The molecule has 0 aliphatic heterocycles. The molecule has 3 N–H and O–H groups in total. The van der Waals surface area contributed by atoms with Gasteiger partial charge in [-0.3, -0.25) is 15.5 Å². The summed E-state index contributed by atoms with van der Waals surface area (Å²) in [7, 11) is 0. The number of hydrogen-bond acceptors (Lipinski definition) is 5. The van der Waals surface area contributed by atoms with Crippen LogP contribution in [0, 0.1) is 0 Å². The fourth-order valence-corrected chi connectivity index (χ4v) is 1.99. The summed E-state index contributed by atoms with van der Waals surface area (Å²) in [6, 6.07) is 10.4. The second-order valence-corrected chi connectivity index (χ2v) is 4.62. The van der Waals surface area contributed by atoms with Crippen molar-refractivity contribution < 1.29 is 14.6 Å². The Hall–Kier alpha value is -2.24. The van der Waals surface area contributed by atoms with Crippen molar-refractivity contribution in [3.63, 3.8) is 0 Å². The molecule has 0 saturated carbocycles. The van der Waals surface area contributed by atoms with Crippen LogP contribution < -0.4 is 10.5 Å². The number of nitrogens with two attached hydrogens (primary N) is 1. The summed E-state index contributed by atoms with van der Waals surface area (Å²) in [5, 5.41) is 9.23. The van der Waals surface area contributed by atoms with E-state index in [-0.39, 0.29) is 18.8 Å². The van der Waals surface area contributed by atoms with E-state index in [1.165, 1.54) is 0 Å². The van der Waals surface area contributed by atoms with E-state index in [0.29, 0.717) is 23.3 Å². The van der Waals surface area contributed by atoms with Gasteiger partial charge in [0.05, 0.1) is 6.61 Å². The van der Waals surface area contributed by atoms with Crippen LogP contribution in [0.1, 0.15) is 28.8 Å². The molecule has 0 amide bonds. The highest BCUT2D eigenvalue weighted by Crippen LogP contribution is 2.14. The summed E-state index contributed by atoms with van der Waals surface area (Å²) in [6.45, 7) is -0.151. The molecule has 110 valence electrons. The number of aliphatic hydroxyl groups excluding tert-OH is 1. The Morgan fingerprint density at radius 2 is 1.95 bits per heavy atom. The average Bonchev–Trinajstić information content (AvgIpc) is 2.53. The third-order valence-corrected chi connectivity index (χ3v) is 3.08. The summed E-state index contributed by atoms with van der Waals surface area (Å²) < 4.78 is 5.49. The van der Waals surface area contributed by atoms with Gasteiger partial charge in [-0.1, -0.05) is 24.3 Å². The number of carbonyl (C=O) groups excluding carboxylic acids is 1.